The van der Waals surface area contributed by atoms with Crippen molar-refractivity contribution in [3.8, 4) is 11.1 Å². The predicted molar refractivity (Wildman–Crippen MR) is 149 cm³/mol. The molecule has 0 saturated carbocycles. The molecule has 2 amide bonds. The zero-order chi connectivity index (χ0) is 26.7. The lowest BCUT2D eigenvalue weighted by Gasteiger charge is -2.33. The molecule has 4 atom stereocenters. The summed E-state index contributed by atoms with van der Waals surface area (Å²) in [6.45, 7) is 1.96. The van der Waals surface area contributed by atoms with E-state index < -0.39 is 23.9 Å². The number of aryl methyl sites for hydroxylation is 1. The van der Waals surface area contributed by atoms with Gasteiger partial charge in [0.25, 0.3) is 0 Å². The fourth-order valence-corrected chi connectivity index (χ4v) is 6.25. The van der Waals surface area contributed by atoms with Gasteiger partial charge in [0.05, 0.1) is 29.8 Å². The van der Waals surface area contributed by atoms with Crippen molar-refractivity contribution >= 4 is 29.5 Å². The van der Waals surface area contributed by atoms with Crippen LogP contribution < -0.4 is 4.90 Å². The summed E-state index contributed by atoms with van der Waals surface area (Å²) >= 11 is 0. The first-order valence-electron chi connectivity index (χ1n) is 13.1. The molecule has 4 aromatic rings. The summed E-state index contributed by atoms with van der Waals surface area (Å²) in [4.78, 5) is 43.4. The van der Waals surface area contributed by atoms with Crippen LogP contribution in [0.25, 0.3) is 11.1 Å². The van der Waals surface area contributed by atoms with E-state index in [1.54, 1.807) is 35.5 Å². The maximum Gasteiger partial charge on any atom is 0.240 e. The molecule has 3 aliphatic rings. The summed E-state index contributed by atoms with van der Waals surface area (Å²) in [7, 11) is 0. The number of Topliss-reactive ketones (excluding diaryl/α,β-unsaturated/α-hetero) is 1. The second-order valence-electron chi connectivity index (χ2n) is 10.3. The Bertz CT molecular complexity index is 1640. The molecule has 3 heterocycles. The van der Waals surface area contributed by atoms with Crippen LogP contribution in [0.15, 0.2) is 108 Å². The van der Waals surface area contributed by atoms with E-state index in [2.05, 4.69) is 5.10 Å². The second kappa shape index (κ2) is 8.88. The summed E-state index contributed by atoms with van der Waals surface area (Å²) in [6.07, 6.45) is 1.72. The molecule has 0 N–H and O–H groups in total. The van der Waals surface area contributed by atoms with Crippen LogP contribution in [0.3, 0.4) is 0 Å². The number of hydrazone groups is 1. The van der Waals surface area contributed by atoms with Crippen LogP contribution in [0.1, 0.15) is 33.1 Å². The summed E-state index contributed by atoms with van der Waals surface area (Å²) in [5.41, 5.74) is 5.91. The minimum absolute atomic E-state index is 0.212. The largest absolute Gasteiger partial charge is 0.292 e. The lowest BCUT2D eigenvalue weighted by Crippen LogP contribution is -2.44. The van der Waals surface area contributed by atoms with Gasteiger partial charge in [-0.3, -0.25) is 19.4 Å². The van der Waals surface area contributed by atoms with Crippen molar-refractivity contribution in [2.24, 2.45) is 16.9 Å². The molecule has 2 fully saturated rings. The zero-order valence-electron chi connectivity index (χ0n) is 21.3. The van der Waals surface area contributed by atoms with Gasteiger partial charge in [-0.15, -0.1) is 0 Å². The van der Waals surface area contributed by atoms with Crippen LogP contribution in [0.2, 0.25) is 0 Å². The van der Waals surface area contributed by atoms with Gasteiger partial charge >= 0.3 is 0 Å². The molecule has 7 rings (SSSR count). The number of rotatable bonds is 4. The molecule has 0 aromatic heterocycles. The third kappa shape index (κ3) is 3.56. The Morgan fingerprint density at radius 3 is 2.10 bits per heavy atom. The van der Waals surface area contributed by atoms with Gasteiger partial charge in [-0.2, -0.15) is 5.10 Å². The molecule has 0 bridgehead atoms. The Hall–Kier alpha value is -4.84. The molecule has 0 radical (unpaired) electrons. The summed E-state index contributed by atoms with van der Waals surface area (Å²) in [5.74, 6) is -2.40. The fraction of sp³-hybridized carbons (Fsp3) is 0.152. The van der Waals surface area contributed by atoms with E-state index in [0.29, 0.717) is 11.3 Å². The molecule has 190 valence electrons. The first-order valence-corrected chi connectivity index (χ1v) is 13.1. The highest BCUT2D eigenvalue weighted by Gasteiger charge is 2.65. The van der Waals surface area contributed by atoms with Crippen molar-refractivity contribution in [2.75, 3.05) is 4.90 Å². The van der Waals surface area contributed by atoms with Crippen LogP contribution in [-0.4, -0.2) is 34.9 Å². The number of hydrogen-bond donors (Lipinski definition) is 0. The Morgan fingerprint density at radius 2 is 1.36 bits per heavy atom. The molecule has 2 saturated heterocycles. The Labute approximate surface area is 226 Å². The van der Waals surface area contributed by atoms with E-state index in [1.165, 1.54) is 4.90 Å². The number of imide groups is 1. The SMILES string of the molecule is Cc1ccc(N2C(=O)[C@@H]3[C@H](C2=O)[C@H]2c4ccccc4C=NN2[C@@H]3C(=O)c2ccc(-c3ccccc3)cc2)cc1. The molecule has 6 heteroatoms. The Kier molecular flexibility index (Phi) is 5.30. The minimum atomic E-state index is -0.890. The molecule has 6 nitrogen and oxygen atoms in total. The number of anilines is 1. The smallest absolute Gasteiger partial charge is 0.240 e. The Morgan fingerprint density at radius 1 is 0.718 bits per heavy atom. The molecule has 3 aliphatic heterocycles. The normalized spacial score (nSPS) is 23.0. The lowest BCUT2D eigenvalue weighted by atomic mass is 9.83. The number of fused-ring (bicyclic) bond motifs is 5. The average Bonchev–Trinajstić information content (AvgIpc) is 3.46. The van der Waals surface area contributed by atoms with Crippen molar-refractivity contribution in [1.82, 2.24) is 5.01 Å². The number of hydrogen-bond acceptors (Lipinski definition) is 5. The van der Waals surface area contributed by atoms with E-state index in [1.807, 2.05) is 85.8 Å². The average molecular weight is 512 g/mol. The van der Waals surface area contributed by atoms with Crippen LogP contribution in [0, 0.1) is 18.8 Å². The van der Waals surface area contributed by atoms with Crippen LogP contribution in [-0.2, 0) is 9.59 Å². The quantitative estimate of drug-likeness (QED) is 0.271. The summed E-state index contributed by atoms with van der Waals surface area (Å²) in [5, 5.41) is 6.35. The third-order valence-electron chi connectivity index (χ3n) is 8.13. The van der Waals surface area contributed by atoms with Gasteiger partial charge in [0.1, 0.15) is 6.04 Å². The third-order valence-corrected chi connectivity index (χ3v) is 8.13. The van der Waals surface area contributed by atoms with Crippen molar-refractivity contribution in [2.45, 2.75) is 19.0 Å². The van der Waals surface area contributed by atoms with E-state index in [0.717, 1.165) is 27.8 Å². The molecule has 0 aliphatic carbocycles. The van der Waals surface area contributed by atoms with Crippen LogP contribution in [0.5, 0.6) is 0 Å². The standard InChI is InChI=1S/C33H25N3O3/c1-20-11-17-25(18-12-20)35-32(38)27-28(33(35)39)30(36-29(27)26-10-6-5-9-24(26)19-34-36)31(37)23-15-13-22(14-16-23)21-7-3-2-4-8-21/h2-19,27-30H,1H3/t27-,28+,29+,30-/m0/s1. The monoisotopic (exact) mass is 511 g/mol. The van der Waals surface area contributed by atoms with Crippen LogP contribution >= 0.6 is 0 Å². The lowest BCUT2D eigenvalue weighted by molar-refractivity contribution is -0.124. The van der Waals surface area contributed by atoms with Crippen molar-refractivity contribution in [3.05, 3.63) is 125 Å². The van der Waals surface area contributed by atoms with Gasteiger partial charge in [-0.25, -0.2) is 4.90 Å². The van der Waals surface area contributed by atoms with E-state index in [9.17, 15) is 14.4 Å². The van der Waals surface area contributed by atoms with Gasteiger partial charge in [-0.1, -0.05) is 96.6 Å². The molecule has 39 heavy (non-hydrogen) atoms. The highest BCUT2D eigenvalue weighted by molar-refractivity contribution is 6.24. The molecule has 0 unspecified atom stereocenters. The summed E-state index contributed by atoms with van der Waals surface area (Å²) in [6, 6.07) is 31.1. The zero-order valence-corrected chi connectivity index (χ0v) is 21.3. The van der Waals surface area contributed by atoms with Gasteiger partial charge in [-0.05, 0) is 41.3 Å². The number of ketones is 1. The highest BCUT2D eigenvalue weighted by Crippen LogP contribution is 2.53. The number of benzene rings is 4. The van der Waals surface area contributed by atoms with E-state index in [4.69, 9.17) is 0 Å². The molecule has 4 aromatic carbocycles. The maximum absolute atomic E-state index is 14.1. The molecular formula is C33H25N3O3. The van der Waals surface area contributed by atoms with Crippen molar-refractivity contribution in [1.29, 1.82) is 0 Å². The van der Waals surface area contributed by atoms with E-state index in [-0.39, 0.29) is 17.6 Å². The number of carbonyl (C=O) groups excluding carboxylic acids is 3. The summed E-state index contributed by atoms with van der Waals surface area (Å²) < 4.78 is 0. The molecule has 0 spiro atoms. The first kappa shape index (κ1) is 23.3. The van der Waals surface area contributed by atoms with Gasteiger partial charge in [0, 0.05) is 5.56 Å². The number of nitrogens with zero attached hydrogens (tertiary/aromatic N) is 3. The van der Waals surface area contributed by atoms with Crippen molar-refractivity contribution in [3.63, 3.8) is 0 Å². The second-order valence-corrected chi connectivity index (χ2v) is 10.3. The maximum atomic E-state index is 14.1. The minimum Gasteiger partial charge on any atom is -0.292 e. The highest BCUT2D eigenvalue weighted by atomic mass is 16.2. The topological polar surface area (TPSA) is 70.1 Å². The van der Waals surface area contributed by atoms with Crippen LogP contribution in [0.4, 0.5) is 5.69 Å². The number of amides is 2. The van der Waals surface area contributed by atoms with Gasteiger partial charge in [0.2, 0.25) is 11.8 Å². The number of carbonyl (C=O) groups is 3. The fourth-order valence-electron chi connectivity index (χ4n) is 6.25. The van der Waals surface area contributed by atoms with Gasteiger partial charge in [0.15, 0.2) is 5.78 Å². The first-order chi connectivity index (χ1) is 19.0. The predicted octanol–water partition coefficient (Wildman–Crippen LogP) is 5.42. The van der Waals surface area contributed by atoms with E-state index >= 15 is 0 Å². The van der Waals surface area contributed by atoms with Gasteiger partial charge < -0.3 is 0 Å². The van der Waals surface area contributed by atoms with Crippen molar-refractivity contribution < 1.29 is 14.4 Å². The Balaban J connectivity index is 1.31. The molecular weight excluding hydrogens is 486 g/mol.